The molecule has 0 saturated carbocycles. The van der Waals surface area contributed by atoms with Crippen molar-refractivity contribution in [1.29, 1.82) is 0 Å². The number of hydrogen-bond donors (Lipinski definition) is 1. The molecular weight excluding hydrogens is 172 g/mol. The highest BCUT2D eigenvalue weighted by atomic mass is 16.3. The van der Waals surface area contributed by atoms with Crippen molar-refractivity contribution >= 4 is 0 Å². The molecule has 1 rings (SSSR count). The molecule has 0 heterocycles. The summed E-state index contributed by atoms with van der Waals surface area (Å²) < 4.78 is 0. The van der Waals surface area contributed by atoms with Crippen molar-refractivity contribution in [2.45, 2.75) is 40.2 Å². The van der Waals surface area contributed by atoms with E-state index in [-0.39, 0.29) is 11.5 Å². The van der Waals surface area contributed by atoms with Crippen molar-refractivity contribution in [1.82, 2.24) is 0 Å². The maximum absolute atomic E-state index is 9.21. The molecule has 78 valence electrons. The van der Waals surface area contributed by atoms with Gasteiger partial charge in [0.2, 0.25) is 0 Å². The zero-order chi connectivity index (χ0) is 10.8. The monoisotopic (exact) mass is 192 g/mol. The van der Waals surface area contributed by atoms with Gasteiger partial charge in [-0.3, -0.25) is 0 Å². The van der Waals surface area contributed by atoms with Gasteiger partial charge in [0.25, 0.3) is 0 Å². The Morgan fingerprint density at radius 2 is 2.14 bits per heavy atom. The van der Waals surface area contributed by atoms with Crippen LogP contribution in [0.15, 0.2) is 35.5 Å². The first-order valence-electron chi connectivity index (χ1n) is 5.17. The largest absolute Gasteiger partial charge is 0.389 e. The van der Waals surface area contributed by atoms with Crippen LogP contribution in [0.5, 0.6) is 0 Å². The van der Waals surface area contributed by atoms with E-state index in [9.17, 15) is 5.11 Å². The zero-order valence-electron chi connectivity index (χ0n) is 9.54. The Bertz CT molecular complexity index is 290. The van der Waals surface area contributed by atoms with Crippen LogP contribution in [0.2, 0.25) is 0 Å². The van der Waals surface area contributed by atoms with Crippen LogP contribution < -0.4 is 0 Å². The fourth-order valence-corrected chi connectivity index (χ4v) is 1.86. The van der Waals surface area contributed by atoms with Crippen LogP contribution in [0, 0.1) is 5.41 Å². The van der Waals surface area contributed by atoms with E-state index in [4.69, 9.17) is 0 Å². The van der Waals surface area contributed by atoms with Crippen molar-refractivity contribution < 1.29 is 5.11 Å². The number of aliphatic hydroxyl groups excluding tert-OH is 1. The Labute approximate surface area is 86.8 Å². The third-order valence-electron chi connectivity index (χ3n) is 2.69. The molecular formula is C13H20O. The quantitative estimate of drug-likeness (QED) is 0.712. The molecule has 0 radical (unpaired) electrons. The Morgan fingerprint density at radius 3 is 2.64 bits per heavy atom. The SMILES string of the molecule is CC1=C(/C=C/C(C)O)C(C)(C)CC=C1. The molecule has 0 aliphatic heterocycles. The molecule has 14 heavy (non-hydrogen) atoms. The van der Waals surface area contributed by atoms with Crippen LogP contribution >= 0.6 is 0 Å². The maximum Gasteiger partial charge on any atom is 0.0695 e. The van der Waals surface area contributed by atoms with E-state index in [1.54, 1.807) is 6.92 Å². The van der Waals surface area contributed by atoms with Crippen molar-refractivity contribution in [3.05, 3.63) is 35.5 Å². The molecule has 1 heteroatoms. The van der Waals surface area contributed by atoms with Crippen LogP contribution in [0.4, 0.5) is 0 Å². The Balaban J connectivity index is 2.96. The van der Waals surface area contributed by atoms with Crippen LogP contribution in [0.25, 0.3) is 0 Å². The molecule has 0 aromatic heterocycles. The summed E-state index contributed by atoms with van der Waals surface area (Å²) in [7, 11) is 0. The summed E-state index contributed by atoms with van der Waals surface area (Å²) in [5.41, 5.74) is 2.84. The van der Waals surface area contributed by atoms with Gasteiger partial charge in [0.05, 0.1) is 6.10 Å². The number of hydrogen-bond acceptors (Lipinski definition) is 1. The highest BCUT2D eigenvalue weighted by molar-refractivity contribution is 5.39. The molecule has 0 aromatic rings. The molecule has 1 unspecified atom stereocenters. The normalized spacial score (nSPS) is 23.2. The maximum atomic E-state index is 9.21. The lowest BCUT2D eigenvalue weighted by molar-refractivity contribution is 0.244. The molecule has 0 bridgehead atoms. The number of aliphatic hydroxyl groups is 1. The van der Waals surface area contributed by atoms with E-state index >= 15 is 0 Å². The minimum absolute atomic E-state index is 0.199. The fraction of sp³-hybridized carbons (Fsp3) is 0.538. The lowest BCUT2D eigenvalue weighted by Gasteiger charge is -2.29. The summed E-state index contributed by atoms with van der Waals surface area (Å²) in [5, 5.41) is 9.21. The average molecular weight is 192 g/mol. The zero-order valence-corrected chi connectivity index (χ0v) is 9.54. The van der Waals surface area contributed by atoms with Gasteiger partial charge in [0, 0.05) is 0 Å². The minimum Gasteiger partial charge on any atom is -0.389 e. The van der Waals surface area contributed by atoms with Gasteiger partial charge in [-0.1, -0.05) is 38.2 Å². The third kappa shape index (κ3) is 2.58. The van der Waals surface area contributed by atoms with Crippen LogP contribution in [-0.2, 0) is 0 Å². The summed E-state index contributed by atoms with van der Waals surface area (Å²) in [4.78, 5) is 0. The Morgan fingerprint density at radius 1 is 1.50 bits per heavy atom. The van der Waals surface area contributed by atoms with Crippen molar-refractivity contribution in [3.63, 3.8) is 0 Å². The molecule has 1 aliphatic carbocycles. The van der Waals surface area contributed by atoms with E-state index in [2.05, 4.69) is 39.0 Å². The smallest absolute Gasteiger partial charge is 0.0695 e. The topological polar surface area (TPSA) is 20.2 Å². The van der Waals surface area contributed by atoms with Gasteiger partial charge in [0.15, 0.2) is 0 Å². The van der Waals surface area contributed by atoms with E-state index in [1.165, 1.54) is 11.1 Å². The van der Waals surface area contributed by atoms with Crippen molar-refractivity contribution in [2.24, 2.45) is 5.41 Å². The van der Waals surface area contributed by atoms with E-state index in [0.717, 1.165) is 6.42 Å². The average Bonchev–Trinajstić information content (AvgIpc) is 2.01. The van der Waals surface area contributed by atoms with Crippen molar-refractivity contribution in [3.8, 4) is 0 Å². The van der Waals surface area contributed by atoms with Crippen LogP contribution in [0.1, 0.15) is 34.1 Å². The lowest BCUT2D eigenvalue weighted by atomic mass is 9.75. The van der Waals surface area contributed by atoms with E-state index < -0.39 is 0 Å². The Hall–Kier alpha value is -0.820. The van der Waals surface area contributed by atoms with Crippen LogP contribution in [-0.4, -0.2) is 11.2 Å². The molecule has 0 fully saturated rings. The van der Waals surface area contributed by atoms with Gasteiger partial charge in [-0.05, 0) is 36.8 Å². The number of allylic oxidation sites excluding steroid dienone is 5. The van der Waals surface area contributed by atoms with Gasteiger partial charge >= 0.3 is 0 Å². The predicted molar refractivity (Wildman–Crippen MR) is 61.1 cm³/mol. The summed E-state index contributed by atoms with van der Waals surface area (Å²) >= 11 is 0. The first-order chi connectivity index (χ1) is 6.43. The molecule has 1 atom stereocenters. The third-order valence-corrected chi connectivity index (χ3v) is 2.69. The molecule has 1 N–H and O–H groups in total. The number of rotatable bonds is 2. The first kappa shape index (κ1) is 11.3. The van der Waals surface area contributed by atoms with Gasteiger partial charge in [-0.15, -0.1) is 0 Å². The van der Waals surface area contributed by atoms with Gasteiger partial charge < -0.3 is 5.11 Å². The van der Waals surface area contributed by atoms with Gasteiger partial charge in [-0.25, -0.2) is 0 Å². The van der Waals surface area contributed by atoms with E-state index in [1.807, 2.05) is 6.08 Å². The second-order valence-electron chi connectivity index (χ2n) is 4.69. The predicted octanol–water partition coefficient (Wildman–Crippen LogP) is 3.23. The molecule has 0 spiro atoms. The summed E-state index contributed by atoms with van der Waals surface area (Å²) in [6.07, 6.45) is 8.99. The first-order valence-corrected chi connectivity index (χ1v) is 5.17. The van der Waals surface area contributed by atoms with Crippen LogP contribution in [0.3, 0.4) is 0 Å². The second kappa shape index (κ2) is 4.14. The standard InChI is InChI=1S/C13H20O/c1-10-6-5-9-13(3,4)12(10)8-7-11(2)14/h5-8,11,14H,9H2,1-4H3/b8-7+. The molecule has 0 amide bonds. The summed E-state index contributed by atoms with van der Waals surface area (Å²) in [6, 6.07) is 0. The van der Waals surface area contributed by atoms with Gasteiger partial charge in [0.1, 0.15) is 0 Å². The highest BCUT2D eigenvalue weighted by Crippen LogP contribution is 2.37. The molecule has 1 nitrogen and oxygen atoms in total. The Kier molecular flexibility index (Phi) is 3.33. The fourth-order valence-electron chi connectivity index (χ4n) is 1.86. The molecule has 1 aliphatic rings. The second-order valence-corrected chi connectivity index (χ2v) is 4.69. The minimum atomic E-state index is -0.364. The molecule has 0 aromatic carbocycles. The summed E-state index contributed by atoms with van der Waals surface area (Å²) in [6.45, 7) is 8.38. The molecule has 0 saturated heterocycles. The highest BCUT2D eigenvalue weighted by Gasteiger charge is 2.23. The van der Waals surface area contributed by atoms with Crippen molar-refractivity contribution in [2.75, 3.05) is 0 Å². The van der Waals surface area contributed by atoms with Gasteiger partial charge in [-0.2, -0.15) is 0 Å². The summed E-state index contributed by atoms with van der Waals surface area (Å²) in [5.74, 6) is 0. The lowest BCUT2D eigenvalue weighted by Crippen LogP contribution is -2.16. The van der Waals surface area contributed by atoms with E-state index in [0.29, 0.717) is 0 Å².